The van der Waals surface area contributed by atoms with Crippen LogP contribution in [0.4, 0.5) is 0 Å². The molecule has 0 fully saturated rings. The van der Waals surface area contributed by atoms with Crippen LogP contribution in [0, 0.1) is 0 Å². The fraction of sp³-hybridized carbons (Fsp3) is 1.00. The highest BCUT2D eigenvalue weighted by Gasteiger charge is 1.93. The van der Waals surface area contributed by atoms with Gasteiger partial charge in [0.2, 0.25) is 0 Å². The van der Waals surface area contributed by atoms with Gasteiger partial charge in [0.1, 0.15) is 0 Å². The van der Waals surface area contributed by atoms with Crippen molar-refractivity contribution in [1.29, 1.82) is 0 Å². The van der Waals surface area contributed by atoms with E-state index in [1.807, 2.05) is 0 Å². The largest absolute Gasteiger partial charge is 0.412 e. The smallest absolute Gasteiger partial charge is 0.0431 e. The topological polar surface area (TPSA) is 51.7 Å². The number of rotatable bonds is 14. The van der Waals surface area contributed by atoms with E-state index in [0.717, 1.165) is 6.42 Å². The zero-order valence-corrected chi connectivity index (χ0v) is 12.6. The van der Waals surface area contributed by atoms with Crippen molar-refractivity contribution < 1.29 is 10.6 Å². The predicted octanol–water partition coefficient (Wildman–Crippen LogP) is 4.64. The number of unbranched alkanes of at least 4 members (excludes halogenated alkanes) is 13. The third kappa shape index (κ3) is 18.3. The van der Waals surface area contributed by atoms with Gasteiger partial charge in [-0.05, 0) is 6.42 Å². The van der Waals surface area contributed by atoms with Gasteiger partial charge in [-0.1, -0.05) is 90.4 Å². The van der Waals surface area contributed by atoms with Gasteiger partial charge < -0.3 is 10.6 Å². The standard InChI is InChI=1S/C16H34O.H2O/c1-2-3-4-5-6-7-8-9-10-11-12-13-14-15-16-17;/h17H,2-16H2,1H3;1H2. The molecular formula is C16H36O2. The average Bonchev–Trinajstić information content (AvgIpc) is 2.35. The second-order valence-electron chi connectivity index (χ2n) is 5.32. The maximum absolute atomic E-state index is 8.64. The summed E-state index contributed by atoms with van der Waals surface area (Å²) < 4.78 is 0. The third-order valence-corrected chi connectivity index (χ3v) is 3.51. The second kappa shape index (κ2) is 19.3. The van der Waals surface area contributed by atoms with Gasteiger partial charge in [0.15, 0.2) is 0 Å². The highest BCUT2D eigenvalue weighted by Crippen LogP contribution is 2.12. The number of aliphatic hydroxyl groups is 1. The van der Waals surface area contributed by atoms with Crippen molar-refractivity contribution in [2.45, 2.75) is 96.8 Å². The molecule has 3 N–H and O–H groups in total. The Morgan fingerprint density at radius 2 is 0.778 bits per heavy atom. The van der Waals surface area contributed by atoms with Gasteiger partial charge in [0.25, 0.3) is 0 Å². The molecule has 0 saturated heterocycles. The molecule has 0 aliphatic carbocycles. The maximum atomic E-state index is 8.64. The summed E-state index contributed by atoms with van der Waals surface area (Å²) in [6, 6.07) is 0. The molecule has 0 rings (SSSR count). The molecule has 0 aliphatic rings. The lowest BCUT2D eigenvalue weighted by Gasteiger charge is -2.02. The van der Waals surface area contributed by atoms with Gasteiger partial charge in [-0.2, -0.15) is 0 Å². The molecule has 112 valence electrons. The summed E-state index contributed by atoms with van der Waals surface area (Å²) in [4.78, 5) is 0. The van der Waals surface area contributed by atoms with Crippen molar-refractivity contribution >= 4 is 0 Å². The van der Waals surface area contributed by atoms with E-state index in [1.54, 1.807) is 0 Å². The average molecular weight is 260 g/mol. The zero-order valence-electron chi connectivity index (χ0n) is 12.6. The first-order valence-electron chi connectivity index (χ1n) is 8.02. The van der Waals surface area contributed by atoms with E-state index in [0.29, 0.717) is 6.61 Å². The first-order valence-corrected chi connectivity index (χ1v) is 8.02. The summed E-state index contributed by atoms with van der Waals surface area (Å²) in [5, 5.41) is 8.64. The van der Waals surface area contributed by atoms with Gasteiger partial charge in [-0.25, -0.2) is 0 Å². The summed E-state index contributed by atoms with van der Waals surface area (Å²) >= 11 is 0. The Kier molecular flexibility index (Phi) is 21.7. The molecule has 0 radical (unpaired) electrons. The van der Waals surface area contributed by atoms with E-state index < -0.39 is 0 Å². The zero-order chi connectivity index (χ0) is 12.6. The summed E-state index contributed by atoms with van der Waals surface area (Å²) in [5.74, 6) is 0. The molecule has 2 heteroatoms. The number of hydrogen-bond acceptors (Lipinski definition) is 1. The van der Waals surface area contributed by atoms with Gasteiger partial charge in [0.05, 0.1) is 0 Å². The van der Waals surface area contributed by atoms with Crippen LogP contribution in [0.5, 0.6) is 0 Å². The van der Waals surface area contributed by atoms with Crippen molar-refractivity contribution in [3.8, 4) is 0 Å². The van der Waals surface area contributed by atoms with Crippen LogP contribution < -0.4 is 0 Å². The monoisotopic (exact) mass is 260 g/mol. The van der Waals surface area contributed by atoms with Crippen LogP contribution in [0.1, 0.15) is 96.8 Å². The Balaban J connectivity index is 0. The molecule has 0 saturated carbocycles. The molecule has 0 spiro atoms. The van der Waals surface area contributed by atoms with Crippen molar-refractivity contribution in [1.82, 2.24) is 0 Å². The first-order chi connectivity index (χ1) is 8.41. The second-order valence-corrected chi connectivity index (χ2v) is 5.32. The summed E-state index contributed by atoms with van der Waals surface area (Å²) in [7, 11) is 0. The molecular weight excluding hydrogens is 224 g/mol. The Labute approximate surface area is 114 Å². The molecule has 0 aromatic rings. The molecule has 0 aromatic carbocycles. The van der Waals surface area contributed by atoms with E-state index in [2.05, 4.69) is 6.92 Å². The minimum Gasteiger partial charge on any atom is -0.412 e. The normalized spacial score (nSPS) is 10.3. The van der Waals surface area contributed by atoms with E-state index >= 15 is 0 Å². The fourth-order valence-electron chi connectivity index (χ4n) is 2.31. The minimum absolute atomic E-state index is 0. The highest BCUT2D eigenvalue weighted by atomic mass is 16.2. The van der Waals surface area contributed by atoms with Crippen molar-refractivity contribution in [2.24, 2.45) is 0 Å². The summed E-state index contributed by atoms with van der Waals surface area (Å²) in [5.41, 5.74) is 0. The molecule has 0 heterocycles. The predicted molar refractivity (Wildman–Crippen MR) is 81.0 cm³/mol. The van der Waals surface area contributed by atoms with Crippen LogP contribution >= 0.6 is 0 Å². The van der Waals surface area contributed by atoms with Crippen LogP contribution in [-0.4, -0.2) is 17.2 Å². The van der Waals surface area contributed by atoms with E-state index in [9.17, 15) is 0 Å². The lowest BCUT2D eigenvalue weighted by molar-refractivity contribution is 0.282. The third-order valence-electron chi connectivity index (χ3n) is 3.51. The molecule has 18 heavy (non-hydrogen) atoms. The summed E-state index contributed by atoms with van der Waals surface area (Å²) in [6.45, 7) is 2.65. The Morgan fingerprint density at radius 1 is 0.500 bits per heavy atom. The molecule has 0 aromatic heterocycles. The molecule has 0 bridgehead atoms. The Bertz CT molecular complexity index is 112. The van der Waals surface area contributed by atoms with E-state index in [-0.39, 0.29) is 5.48 Å². The SMILES string of the molecule is CCCCCCCCCCCCCCCCO.O. The van der Waals surface area contributed by atoms with Crippen molar-refractivity contribution in [3.63, 3.8) is 0 Å². The molecule has 0 atom stereocenters. The fourth-order valence-corrected chi connectivity index (χ4v) is 2.31. The van der Waals surface area contributed by atoms with Crippen molar-refractivity contribution in [3.05, 3.63) is 0 Å². The van der Waals surface area contributed by atoms with E-state index in [4.69, 9.17) is 5.11 Å². The Hall–Kier alpha value is -0.0800. The lowest BCUT2D eigenvalue weighted by Crippen LogP contribution is -1.84. The van der Waals surface area contributed by atoms with Crippen LogP contribution in [0.15, 0.2) is 0 Å². The van der Waals surface area contributed by atoms with E-state index in [1.165, 1.54) is 83.5 Å². The number of hydrogen-bond donors (Lipinski definition) is 1. The first kappa shape index (κ1) is 20.2. The lowest BCUT2D eigenvalue weighted by atomic mass is 10.0. The highest BCUT2D eigenvalue weighted by molar-refractivity contribution is 4.48. The van der Waals surface area contributed by atoms with Gasteiger partial charge >= 0.3 is 0 Å². The van der Waals surface area contributed by atoms with Gasteiger partial charge in [-0.15, -0.1) is 0 Å². The molecule has 0 unspecified atom stereocenters. The van der Waals surface area contributed by atoms with Crippen LogP contribution in [0.3, 0.4) is 0 Å². The number of aliphatic hydroxyl groups excluding tert-OH is 1. The van der Waals surface area contributed by atoms with Gasteiger partial charge in [-0.3, -0.25) is 0 Å². The van der Waals surface area contributed by atoms with Crippen LogP contribution in [0.25, 0.3) is 0 Å². The van der Waals surface area contributed by atoms with Crippen LogP contribution in [-0.2, 0) is 0 Å². The molecule has 0 amide bonds. The summed E-state index contributed by atoms with van der Waals surface area (Å²) in [6.07, 6.45) is 19.2. The molecule has 2 nitrogen and oxygen atoms in total. The van der Waals surface area contributed by atoms with Crippen LogP contribution in [0.2, 0.25) is 0 Å². The van der Waals surface area contributed by atoms with Gasteiger partial charge in [0, 0.05) is 6.61 Å². The van der Waals surface area contributed by atoms with Crippen molar-refractivity contribution in [2.75, 3.05) is 6.61 Å². The maximum Gasteiger partial charge on any atom is 0.0431 e. The minimum atomic E-state index is 0. The molecule has 0 aliphatic heterocycles. The quantitative estimate of drug-likeness (QED) is 0.455. The Morgan fingerprint density at radius 3 is 1.06 bits per heavy atom.